The van der Waals surface area contributed by atoms with Crippen molar-refractivity contribution in [2.24, 2.45) is 4.99 Å². The summed E-state index contributed by atoms with van der Waals surface area (Å²) in [6.07, 6.45) is 0. The zero-order valence-corrected chi connectivity index (χ0v) is 16.1. The number of nitrogens with one attached hydrogen (secondary N) is 2. The number of methoxy groups -OCH3 is 1. The largest absolute Gasteiger partial charge is 0.496 e. The highest BCUT2D eigenvalue weighted by Crippen LogP contribution is 2.23. The Labute approximate surface area is 152 Å². The summed E-state index contributed by atoms with van der Waals surface area (Å²) in [5.41, 5.74) is 1.05. The Morgan fingerprint density at radius 3 is 2.83 bits per heavy atom. The van der Waals surface area contributed by atoms with Gasteiger partial charge in [-0.2, -0.15) is 0 Å². The SMILES string of the molecule is CCNC(=NCc1cc(Br)ccc1OC)NCCN1CCOCC1. The molecule has 0 unspecified atom stereocenters. The Morgan fingerprint density at radius 1 is 1.33 bits per heavy atom. The molecule has 0 aromatic heterocycles. The van der Waals surface area contributed by atoms with E-state index in [1.165, 1.54) is 0 Å². The van der Waals surface area contributed by atoms with E-state index >= 15 is 0 Å². The quantitative estimate of drug-likeness (QED) is 0.542. The molecule has 134 valence electrons. The highest BCUT2D eigenvalue weighted by atomic mass is 79.9. The molecule has 1 aromatic rings. The second-order valence-electron chi connectivity index (χ2n) is 5.53. The zero-order chi connectivity index (χ0) is 17.2. The average Bonchev–Trinajstić information content (AvgIpc) is 2.60. The number of hydrogen-bond donors (Lipinski definition) is 2. The minimum Gasteiger partial charge on any atom is -0.496 e. The Balaban J connectivity index is 1.88. The van der Waals surface area contributed by atoms with Crippen molar-refractivity contribution in [2.75, 3.05) is 53.0 Å². The molecule has 1 aliphatic rings. The first-order valence-electron chi connectivity index (χ1n) is 8.37. The standard InChI is InChI=1S/C17H27BrN4O2/c1-3-19-17(20-6-7-22-8-10-24-11-9-22)21-13-14-12-15(18)4-5-16(14)23-2/h4-5,12H,3,6-11,13H2,1-2H3,(H2,19,20,21). The number of hydrogen-bond acceptors (Lipinski definition) is 4. The van der Waals surface area contributed by atoms with Gasteiger partial charge in [-0.05, 0) is 25.1 Å². The molecule has 1 heterocycles. The summed E-state index contributed by atoms with van der Waals surface area (Å²) < 4.78 is 11.8. The maximum atomic E-state index is 5.40. The van der Waals surface area contributed by atoms with Crippen molar-refractivity contribution in [2.45, 2.75) is 13.5 Å². The number of benzene rings is 1. The minimum atomic E-state index is 0.565. The molecule has 6 nitrogen and oxygen atoms in total. The van der Waals surface area contributed by atoms with E-state index in [1.807, 2.05) is 18.2 Å². The fourth-order valence-electron chi connectivity index (χ4n) is 2.53. The Hall–Kier alpha value is -1.31. The normalized spacial score (nSPS) is 16.0. The van der Waals surface area contributed by atoms with Crippen LogP contribution >= 0.6 is 15.9 Å². The van der Waals surface area contributed by atoms with E-state index in [0.717, 1.165) is 67.7 Å². The third-order valence-electron chi connectivity index (χ3n) is 3.82. The summed E-state index contributed by atoms with van der Waals surface area (Å²) in [7, 11) is 1.68. The van der Waals surface area contributed by atoms with Gasteiger partial charge in [0.1, 0.15) is 5.75 Å². The first-order chi connectivity index (χ1) is 11.7. The maximum Gasteiger partial charge on any atom is 0.191 e. The lowest BCUT2D eigenvalue weighted by molar-refractivity contribution is 0.0389. The third-order valence-corrected chi connectivity index (χ3v) is 4.31. The van der Waals surface area contributed by atoms with Crippen molar-refractivity contribution in [3.05, 3.63) is 28.2 Å². The molecule has 0 amide bonds. The zero-order valence-electron chi connectivity index (χ0n) is 14.5. The van der Waals surface area contributed by atoms with Gasteiger partial charge in [-0.3, -0.25) is 4.90 Å². The van der Waals surface area contributed by atoms with Crippen LogP contribution in [0.25, 0.3) is 0 Å². The van der Waals surface area contributed by atoms with E-state index in [2.05, 4.69) is 43.4 Å². The number of halogens is 1. The third kappa shape index (κ3) is 6.30. The smallest absolute Gasteiger partial charge is 0.191 e. The van der Waals surface area contributed by atoms with Crippen LogP contribution in [0.3, 0.4) is 0 Å². The van der Waals surface area contributed by atoms with Crippen molar-refractivity contribution < 1.29 is 9.47 Å². The van der Waals surface area contributed by atoms with E-state index in [1.54, 1.807) is 7.11 Å². The molecule has 0 spiro atoms. The fraction of sp³-hybridized carbons (Fsp3) is 0.588. The van der Waals surface area contributed by atoms with Gasteiger partial charge in [0, 0.05) is 42.8 Å². The summed E-state index contributed by atoms with van der Waals surface area (Å²) in [5, 5.41) is 6.68. The van der Waals surface area contributed by atoms with Gasteiger partial charge in [-0.25, -0.2) is 4.99 Å². The van der Waals surface area contributed by atoms with Crippen molar-refractivity contribution >= 4 is 21.9 Å². The van der Waals surface area contributed by atoms with Crippen LogP contribution < -0.4 is 15.4 Å². The number of guanidine groups is 1. The molecule has 0 radical (unpaired) electrons. The molecule has 7 heteroatoms. The second-order valence-corrected chi connectivity index (χ2v) is 6.45. The molecule has 2 rings (SSSR count). The predicted octanol–water partition coefficient (Wildman–Crippen LogP) is 1.84. The van der Waals surface area contributed by atoms with Crippen LogP contribution in [-0.2, 0) is 11.3 Å². The van der Waals surface area contributed by atoms with Crippen molar-refractivity contribution in [1.29, 1.82) is 0 Å². The van der Waals surface area contributed by atoms with Crippen LogP contribution in [0, 0.1) is 0 Å². The molecular formula is C17H27BrN4O2. The van der Waals surface area contributed by atoms with Crippen molar-refractivity contribution in [1.82, 2.24) is 15.5 Å². The van der Waals surface area contributed by atoms with Crippen LogP contribution in [-0.4, -0.2) is 63.9 Å². The molecule has 1 aromatic carbocycles. The van der Waals surface area contributed by atoms with Crippen molar-refractivity contribution in [3.8, 4) is 5.75 Å². The molecule has 0 atom stereocenters. The summed E-state index contributed by atoms with van der Waals surface area (Å²) in [6.45, 7) is 8.99. The number of morpholine rings is 1. The highest BCUT2D eigenvalue weighted by Gasteiger charge is 2.10. The lowest BCUT2D eigenvalue weighted by Gasteiger charge is -2.26. The molecule has 0 aliphatic carbocycles. The molecule has 24 heavy (non-hydrogen) atoms. The van der Waals surface area contributed by atoms with Gasteiger partial charge >= 0.3 is 0 Å². The highest BCUT2D eigenvalue weighted by molar-refractivity contribution is 9.10. The van der Waals surface area contributed by atoms with E-state index in [4.69, 9.17) is 9.47 Å². The number of nitrogens with zero attached hydrogens (tertiary/aromatic N) is 2. The molecular weight excluding hydrogens is 372 g/mol. The topological polar surface area (TPSA) is 58.1 Å². The van der Waals surface area contributed by atoms with Crippen LogP contribution in [0.5, 0.6) is 5.75 Å². The first-order valence-corrected chi connectivity index (χ1v) is 9.17. The molecule has 1 fully saturated rings. The number of ether oxygens (including phenoxy) is 2. The van der Waals surface area contributed by atoms with Gasteiger partial charge in [0.2, 0.25) is 0 Å². The Kier molecular flexibility index (Phi) is 8.35. The van der Waals surface area contributed by atoms with E-state index in [0.29, 0.717) is 6.54 Å². The van der Waals surface area contributed by atoms with E-state index in [9.17, 15) is 0 Å². The summed E-state index contributed by atoms with van der Waals surface area (Å²) in [5.74, 6) is 1.68. The molecule has 0 bridgehead atoms. The molecule has 1 saturated heterocycles. The van der Waals surface area contributed by atoms with Gasteiger partial charge < -0.3 is 20.1 Å². The van der Waals surface area contributed by atoms with Gasteiger partial charge in [-0.15, -0.1) is 0 Å². The van der Waals surface area contributed by atoms with Gasteiger partial charge in [0.25, 0.3) is 0 Å². The number of aliphatic imine (C=N–C) groups is 1. The summed E-state index contributed by atoms with van der Waals surface area (Å²) in [4.78, 5) is 7.07. The monoisotopic (exact) mass is 398 g/mol. The average molecular weight is 399 g/mol. The van der Waals surface area contributed by atoms with Crippen LogP contribution in [0.4, 0.5) is 0 Å². The minimum absolute atomic E-state index is 0.565. The van der Waals surface area contributed by atoms with Gasteiger partial charge in [0.05, 0.1) is 26.9 Å². The Morgan fingerprint density at radius 2 is 2.12 bits per heavy atom. The summed E-state index contributed by atoms with van der Waals surface area (Å²) >= 11 is 3.50. The second kappa shape index (κ2) is 10.5. The number of rotatable bonds is 7. The van der Waals surface area contributed by atoms with E-state index in [-0.39, 0.29) is 0 Å². The molecule has 2 N–H and O–H groups in total. The Bertz CT molecular complexity index is 533. The molecule has 1 aliphatic heterocycles. The summed E-state index contributed by atoms with van der Waals surface area (Å²) in [6, 6.07) is 5.96. The van der Waals surface area contributed by atoms with Gasteiger partial charge in [-0.1, -0.05) is 15.9 Å². The van der Waals surface area contributed by atoms with E-state index < -0.39 is 0 Å². The van der Waals surface area contributed by atoms with Crippen LogP contribution in [0.2, 0.25) is 0 Å². The van der Waals surface area contributed by atoms with Gasteiger partial charge in [0.15, 0.2) is 5.96 Å². The predicted molar refractivity (Wildman–Crippen MR) is 101 cm³/mol. The lowest BCUT2D eigenvalue weighted by atomic mass is 10.2. The van der Waals surface area contributed by atoms with Crippen molar-refractivity contribution in [3.63, 3.8) is 0 Å². The molecule has 0 saturated carbocycles. The fourth-order valence-corrected chi connectivity index (χ4v) is 2.94. The van der Waals surface area contributed by atoms with Crippen LogP contribution in [0.1, 0.15) is 12.5 Å². The maximum absolute atomic E-state index is 5.40. The lowest BCUT2D eigenvalue weighted by Crippen LogP contribution is -2.44. The van der Waals surface area contributed by atoms with Crippen LogP contribution in [0.15, 0.2) is 27.7 Å². The first kappa shape index (κ1) is 19.0.